The predicted octanol–water partition coefficient (Wildman–Crippen LogP) is 2.40. The molecule has 3 N–H and O–H groups in total. The summed E-state index contributed by atoms with van der Waals surface area (Å²) in [7, 11) is 1.59. The van der Waals surface area contributed by atoms with Crippen LogP contribution >= 0.6 is 0 Å². The number of nitrogens with zero attached hydrogens (tertiary/aromatic N) is 3. The van der Waals surface area contributed by atoms with Crippen molar-refractivity contribution in [1.82, 2.24) is 20.4 Å². The van der Waals surface area contributed by atoms with Gasteiger partial charge in [-0.25, -0.2) is 0 Å². The molecule has 0 aliphatic heterocycles. The molecular formula is C20H31N5O2. The molecule has 1 aromatic heterocycles. The molecule has 0 amide bonds. The van der Waals surface area contributed by atoms with E-state index in [1.54, 1.807) is 13.2 Å². The first-order valence-electron chi connectivity index (χ1n) is 9.42. The van der Waals surface area contributed by atoms with Crippen molar-refractivity contribution in [3.8, 4) is 11.5 Å². The van der Waals surface area contributed by atoms with Crippen molar-refractivity contribution in [2.24, 2.45) is 4.99 Å². The topological polar surface area (TPSA) is 83.7 Å². The van der Waals surface area contributed by atoms with Crippen LogP contribution in [0.15, 0.2) is 29.3 Å². The zero-order valence-electron chi connectivity index (χ0n) is 16.7. The molecule has 2 rings (SSSR count). The lowest BCUT2D eigenvalue weighted by Crippen LogP contribution is -2.38. The summed E-state index contributed by atoms with van der Waals surface area (Å²) in [6.07, 6.45) is 1.63. The Morgan fingerprint density at radius 3 is 2.70 bits per heavy atom. The Labute approximate surface area is 161 Å². The average molecular weight is 374 g/mol. The summed E-state index contributed by atoms with van der Waals surface area (Å²) in [5.41, 5.74) is 3.11. The van der Waals surface area contributed by atoms with Gasteiger partial charge in [0.1, 0.15) is 11.5 Å². The van der Waals surface area contributed by atoms with Crippen LogP contribution in [0.3, 0.4) is 0 Å². The Balaban J connectivity index is 1.80. The van der Waals surface area contributed by atoms with E-state index in [-0.39, 0.29) is 5.75 Å². The SMILES string of the molecule is CCNC(=NCCCn1nc(C)cc1C)NCCc1ccc(OC)cc1O. The number of phenols is 1. The van der Waals surface area contributed by atoms with Crippen molar-refractivity contribution >= 4 is 5.96 Å². The number of guanidine groups is 1. The number of hydrogen-bond donors (Lipinski definition) is 3. The van der Waals surface area contributed by atoms with E-state index in [4.69, 9.17) is 4.74 Å². The lowest BCUT2D eigenvalue weighted by Gasteiger charge is -2.12. The van der Waals surface area contributed by atoms with Crippen LogP contribution in [0.4, 0.5) is 0 Å². The fourth-order valence-corrected chi connectivity index (χ4v) is 2.85. The molecule has 1 aromatic carbocycles. The summed E-state index contributed by atoms with van der Waals surface area (Å²) in [6, 6.07) is 7.46. The molecule has 0 bridgehead atoms. The van der Waals surface area contributed by atoms with Gasteiger partial charge in [-0.3, -0.25) is 9.67 Å². The van der Waals surface area contributed by atoms with Crippen LogP contribution in [0.5, 0.6) is 11.5 Å². The fraction of sp³-hybridized carbons (Fsp3) is 0.500. The van der Waals surface area contributed by atoms with Gasteiger partial charge in [0, 0.05) is 37.9 Å². The molecule has 0 radical (unpaired) electrons. The molecule has 2 aromatic rings. The van der Waals surface area contributed by atoms with Gasteiger partial charge in [-0.2, -0.15) is 5.10 Å². The van der Waals surface area contributed by atoms with Gasteiger partial charge in [0.05, 0.1) is 12.8 Å². The molecule has 27 heavy (non-hydrogen) atoms. The summed E-state index contributed by atoms with van der Waals surface area (Å²) < 4.78 is 7.13. The minimum Gasteiger partial charge on any atom is -0.508 e. The number of nitrogens with one attached hydrogen (secondary N) is 2. The zero-order valence-corrected chi connectivity index (χ0v) is 16.7. The number of aromatic hydroxyl groups is 1. The van der Waals surface area contributed by atoms with E-state index in [2.05, 4.69) is 33.7 Å². The largest absolute Gasteiger partial charge is 0.508 e. The van der Waals surface area contributed by atoms with Crippen LogP contribution in [0.2, 0.25) is 0 Å². The van der Waals surface area contributed by atoms with Crippen LogP contribution in [0, 0.1) is 13.8 Å². The highest BCUT2D eigenvalue weighted by Gasteiger charge is 2.04. The van der Waals surface area contributed by atoms with Crippen LogP contribution < -0.4 is 15.4 Å². The first-order chi connectivity index (χ1) is 13.0. The van der Waals surface area contributed by atoms with Crippen molar-refractivity contribution in [3.63, 3.8) is 0 Å². The number of ether oxygens (including phenoxy) is 1. The first kappa shape index (κ1) is 20.6. The Kier molecular flexibility index (Phi) is 7.98. The van der Waals surface area contributed by atoms with E-state index in [0.29, 0.717) is 18.7 Å². The Morgan fingerprint density at radius 1 is 1.26 bits per heavy atom. The van der Waals surface area contributed by atoms with Crippen LogP contribution in [-0.2, 0) is 13.0 Å². The first-order valence-corrected chi connectivity index (χ1v) is 9.42. The summed E-state index contributed by atoms with van der Waals surface area (Å²) in [6.45, 7) is 9.20. The Bertz CT molecular complexity index is 755. The number of rotatable bonds is 9. The number of aliphatic imine (C=N–C) groups is 1. The third kappa shape index (κ3) is 6.51. The average Bonchev–Trinajstić information content (AvgIpc) is 2.97. The quantitative estimate of drug-likeness (QED) is 0.357. The lowest BCUT2D eigenvalue weighted by atomic mass is 10.1. The highest BCUT2D eigenvalue weighted by Crippen LogP contribution is 2.23. The molecule has 0 aliphatic carbocycles. The molecule has 0 saturated heterocycles. The fourth-order valence-electron chi connectivity index (χ4n) is 2.85. The molecule has 0 fully saturated rings. The second-order valence-corrected chi connectivity index (χ2v) is 6.44. The van der Waals surface area contributed by atoms with Gasteiger partial charge in [-0.05, 0) is 51.3 Å². The van der Waals surface area contributed by atoms with Crippen molar-refractivity contribution in [2.75, 3.05) is 26.7 Å². The highest BCUT2D eigenvalue weighted by molar-refractivity contribution is 5.79. The molecule has 7 heteroatoms. The summed E-state index contributed by atoms with van der Waals surface area (Å²) in [4.78, 5) is 4.62. The molecule has 148 valence electrons. The molecule has 0 spiro atoms. The minimum atomic E-state index is 0.253. The third-order valence-electron chi connectivity index (χ3n) is 4.22. The Morgan fingerprint density at radius 2 is 2.07 bits per heavy atom. The zero-order chi connectivity index (χ0) is 19.6. The van der Waals surface area contributed by atoms with Crippen molar-refractivity contribution in [2.45, 2.75) is 40.2 Å². The van der Waals surface area contributed by atoms with Crippen LogP contribution in [0.25, 0.3) is 0 Å². The van der Waals surface area contributed by atoms with Crippen molar-refractivity contribution in [1.29, 1.82) is 0 Å². The summed E-state index contributed by atoms with van der Waals surface area (Å²) >= 11 is 0. The smallest absolute Gasteiger partial charge is 0.191 e. The van der Waals surface area contributed by atoms with E-state index < -0.39 is 0 Å². The molecule has 7 nitrogen and oxygen atoms in total. The number of phenolic OH excluding ortho intramolecular Hbond substituents is 1. The van der Waals surface area contributed by atoms with E-state index in [0.717, 1.165) is 43.3 Å². The number of aromatic nitrogens is 2. The van der Waals surface area contributed by atoms with Crippen LogP contribution in [-0.4, -0.2) is 47.6 Å². The summed E-state index contributed by atoms with van der Waals surface area (Å²) in [5, 5.41) is 21.1. The number of benzene rings is 1. The third-order valence-corrected chi connectivity index (χ3v) is 4.22. The lowest BCUT2D eigenvalue weighted by molar-refractivity contribution is 0.406. The molecular weight excluding hydrogens is 342 g/mol. The molecule has 0 aliphatic rings. The van der Waals surface area contributed by atoms with E-state index in [1.165, 1.54) is 5.69 Å². The van der Waals surface area contributed by atoms with Gasteiger partial charge in [0.2, 0.25) is 0 Å². The second kappa shape index (κ2) is 10.4. The van der Waals surface area contributed by atoms with Crippen LogP contribution in [0.1, 0.15) is 30.3 Å². The van der Waals surface area contributed by atoms with E-state index in [1.807, 2.05) is 30.7 Å². The van der Waals surface area contributed by atoms with E-state index >= 15 is 0 Å². The van der Waals surface area contributed by atoms with Gasteiger partial charge in [0.15, 0.2) is 5.96 Å². The van der Waals surface area contributed by atoms with Crippen molar-refractivity contribution in [3.05, 3.63) is 41.2 Å². The van der Waals surface area contributed by atoms with Gasteiger partial charge >= 0.3 is 0 Å². The molecule has 0 saturated carbocycles. The monoisotopic (exact) mass is 373 g/mol. The maximum Gasteiger partial charge on any atom is 0.191 e. The molecule has 0 atom stereocenters. The van der Waals surface area contributed by atoms with Gasteiger partial charge in [0.25, 0.3) is 0 Å². The number of methoxy groups -OCH3 is 1. The molecule has 0 unspecified atom stereocenters. The second-order valence-electron chi connectivity index (χ2n) is 6.44. The minimum absolute atomic E-state index is 0.253. The normalized spacial score (nSPS) is 11.5. The summed E-state index contributed by atoms with van der Waals surface area (Å²) in [5.74, 6) is 1.70. The number of aryl methyl sites for hydroxylation is 3. The standard InChI is InChI=1S/C20H31N5O2/c1-5-21-20(22-10-6-12-25-16(3)13-15(2)24-25)23-11-9-17-7-8-18(27-4)14-19(17)26/h7-8,13-14,26H,5-6,9-12H2,1-4H3,(H2,21,22,23). The molecule has 1 heterocycles. The van der Waals surface area contributed by atoms with Crippen molar-refractivity contribution < 1.29 is 9.84 Å². The number of hydrogen-bond acceptors (Lipinski definition) is 4. The maximum atomic E-state index is 10.0. The Hall–Kier alpha value is -2.70. The maximum absolute atomic E-state index is 10.0. The highest BCUT2D eigenvalue weighted by atomic mass is 16.5. The van der Waals surface area contributed by atoms with Gasteiger partial charge in [-0.1, -0.05) is 6.07 Å². The van der Waals surface area contributed by atoms with Gasteiger partial charge in [-0.15, -0.1) is 0 Å². The van der Waals surface area contributed by atoms with Gasteiger partial charge < -0.3 is 20.5 Å². The van der Waals surface area contributed by atoms with E-state index in [9.17, 15) is 5.11 Å². The predicted molar refractivity (Wildman–Crippen MR) is 109 cm³/mol.